The Labute approximate surface area is 102 Å². The van der Waals surface area contributed by atoms with Crippen LogP contribution in [0.4, 0.5) is 0 Å². The average Bonchev–Trinajstić information content (AvgIpc) is 2.86. The Morgan fingerprint density at radius 2 is 2.24 bits per heavy atom. The third-order valence-corrected chi connectivity index (χ3v) is 2.41. The molecule has 0 aromatic carbocycles. The van der Waals surface area contributed by atoms with Crippen LogP contribution in [0, 0.1) is 0 Å². The van der Waals surface area contributed by atoms with E-state index in [-0.39, 0.29) is 5.54 Å². The van der Waals surface area contributed by atoms with Crippen molar-refractivity contribution >= 4 is 0 Å². The molecule has 0 saturated carbocycles. The minimum Gasteiger partial charge on any atom is -0.467 e. The zero-order chi connectivity index (χ0) is 12.3. The molecule has 0 atom stereocenters. The van der Waals surface area contributed by atoms with Gasteiger partial charge in [0.2, 0.25) is 0 Å². The predicted molar refractivity (Wildman–Crippen MR) is 66.6 cm³/mol. The van der Waals surface area contributed by atoms with Crippen molar-refractivity contribution in [3.8, 4) is 0 Å². The smallest absolute Gasteiger partial charge is 0.123 e. The number of nitrogens with zero attached hydrogens (tertiary/aromatic N) is 2. The Morgan fingerprint density at radius 3 is 2.88 bits per heavy atom. The van der Waals surface area contributed by atoms with Gasteiger partial charge in [-0.3, -0.25) is 0 Å². The van der Waals surface area contributed by atoms with Crippen LogP contribution in [0.5, 0.6) is 0 Å². The molecule has 2 rings (SSSR count). The van der Waals surface area contributed by atoms with Gasteiger partial charge in [0.25, 0.3) is 0 Å². The molecule has 0 aliphatic heterocycles. The first kappa shape index (κ1) is 11.9. The molecule has 4 heteroatoms. The number of hydrogen-bond donors (Lipinski definition) is 1. The number of nitrogens with one attached hydrogen (secondary N) is 1. The third-order valence-electron chi connectivity index (χ3n) is 2.41. The zero-order valence-corrected chi connectivity index (χ0v) is 10.6. The number of furan rings is 1. The lowest BCUT2D eigenvalue weighted by molar-refractivity contribution is 0.421. The van der Waals surface area contributed by atoms with Gasteiger partial charge in [0, 0.05) is 18.3 Å². The van der Waals surface area contributed by atoms with Gasteiger partial charge in [0.1, 0.15) is 5.76 Å². The second-order valence-electron chi connectivity index (χ2n) is 5.22. The first-order chi connectivity index (χ1) is 8.03. The van der Waals surface area contributed by atoms with E-state index in [0.717, 1.165) is 24.5 Å². The Hall–Kier alpha value is -1.55. The van der Waals surface area contributed by atoms with E-state index in [1.54, 1.807) is 6.26 Å². The van der Waals surface area contributed by atoms with Gasteiger partial charge in [-0.05, 0) is 32.9 Å². The van der Waals surface area contributed by atoms with E-state index in [1.807, 2.05) is 29.2 Å². The fourth-order valence-corrected chi connectivity index (χ4v) is 1.52. The summed E-state index contributed by atoms with van der Waals surface area (Å²) in [5, 5.41) is 3.41. The third kappa shape index (κ3) is 3.75. The molecule has 2 aromatic rings. The summed E-state index contributed by atoms with van der Waals surface area (Å²) in [6, 6.07) is 3.86. The van der Waals surface area contributed by atoms with Crippen LogP contribution in [0.1, 0.15) is 32.2 Å². The van der Waals surface area contributed by atoms with Crippen LogP contribution in [0.25, 0.3) is 0 Å². The highest BCUT2D eigenvalue weighted by molar-refractivity contribution is 5.03. The molecule has 0 bridgehead atoms. The molecule has 0 aliphatic rings. The first-order valence-electron chi connectivity index (χ1n) is 5.81. The molecular weight excluding hydrogens is 214 g/mol. The monoisotopic (exact) mass is 233 g/mol. The molecule has 17 heavy (non-hydrogen) atoms. The molecule has 0 saturated heterocycles. The second kappa shape index (κ2) is 4.75. The van der Waals surface area contributed by atoms with E-state index in [0.29, 0.717) is 0 Å². The van der Waals surface area contributed by atoms with Gasteiger partial charge in [-0.15, -0.1) is 0 Å². The van der Waals surface area contributed by atoms with Gasteiger partial charge in [0.05, 0.1) is 24.8 Å². The molecule has 0 fully saturated rings. The maximum atomic E-state index is 5.30. The van der Waals surface area contributed by atoms with Gasteiger partial charge in [-0.25, -0.2) is 4.98 Å². The van der Waals surface area contributed by atoms with Crippen LogP contribution in [0.3, 0.4) is 0 Å². The van der Waals surface area contributed by atoms with Crippen molar-refractivity contribution in [2.75, 3.05) is 0 Å². The van der Waals surface area contributed by atoms with Crippen molar-refractivity contribution in [2.45, 2.75) is 39.4 Å². The van der Waals surface area contributed by atoms with Crippen molar-refractivity contribution in [1.82, 2.24) is 14.9 Å². The molecule has 2 heterocycles. The molecule has 92 valence electrons. The van der Waals surface area contributed by atoms with Crippen molar-refractivity contribution in [2.24, 2.45) is 0 Å². The van der Waals surface area contributed by atoms with E-state index in [1.165, 1.54) is 0 Å². The molecule has 4 nitrogen and oxygen atoms in total. The topological polar surface area (TPSA) is 43.0 Å². The summed E-state index contributed by atoms with van der Waals surface area (Å²) in [7, 11) is 0. The van der Waals surface area contributed by atoms with Crippen LogP contribution in [0.15, 0.2) is 35.3 Å². The van der Waals surface area contributed by atoms with Crippen LogP contribution >= 0.6 is 0 Å². The number of hydrogen-bond acceptors (Lipinski definition) is 3. The maximum absolute atomic E-state index is 5.30. The lowest BCUT2D eigenvalue weighted by Gasteiger charge is -2.19. The minimum atomic E-state index is 0.116. The van der Waals surface area contributed by atoms with E-state index < -0.39 is 0 Å². The van der Waals surface area contributed by atoms with Gasteiger partial charge < -0.3 is 14.3 Å². The fraction of sp³-hybridized carbons (Fsp3) is 0.462. The van der Waals surface area contributed by atoms with Crippen LogP contribution in [-0.2, 0) is 13.1 Å². The summed E-state index contributed by atoms with van der Waals surface area (Å²) in [5.41, 5.74) is 1.16. The Balaban J connectivity index is 1.92. The first-order valence-corrected chi connectivity index (χ1v) is 5.81. The largest absolute Gasteiger partial charge is 0.467 e. The lowest BCUT2D eigenvalue weighted by Crippen LogP contribution is -2.35. The highest BCUT2D eigenvalue weighted by atomic mass is 16.3. The van der Waals surface area contributed by atoms with Crippen molar-refractivity contribution < 1.29 is 4.42 Å². The summed E-state index contributed by atoms with van der Waals surface area (Å²) in [4.78, 5) is 4.36. The Morgan fingerprint density at radius 1 is 1.41 bits per heavy atom. The van der Waals surface area contributed by atoms with Crippen LogP contribution in [-0.4, -0.2) is 15.1 Å². The van der Waals surface area contributed by atoms with Crippen LogP contribution < -0.4 is 5.32 Å². The van der Waals surface area contributed by atoms with Crippen molar-refractivity contribution in [3.63, 3.8) is 0 Å². The number of rotatable bonds is 4. The summed E-state index contributed by atoms with van der Waals surface area (Å²) in [5.74, 6) is 0.942. The Bertz CT molecular complexity index is 451. The lowest BCUT2D eigenvalue weighted by atomic mass is 10.1. The van der Waals surface area contributed by atoms with Gasteiger partial charge in [-0.1, -0.05) is 0 Å². The summed E-state index contributed by atoms with van der Waals surface area (Å²) >= 11 is 0. The molecule has 0 radical (unpaired) electrons. The predicted octanol–water partition coefficient (Wildman–Crippen LogP) is 2.41. The molecule has 2 aromatic heterocycles. The summed E-state index contributed by atoms with van der Waals surface area (Å²) in [6.07, 6.45) is 5.57. The standard InChI is InChI=1S/C13H19N3O/c1-13(2,3)15-7-11-8-16(10-14-11)9-12-5-4-6-17-12/h4-6,8,10,15H,7,9H2,1-3H3. The van der Waals surface area contributed by atoms with Crippen LogP contribution in [0.2, 0.25) is 0 Å². The molecule has 0 aliphatic carbocycles. The Kier molecular flexibility index (Phi) is 3.33. The molecule has 1 N–H and O–H groups in total. The molecular formula is C13H19N3O. The van der Waals surface area contributed by atoms with Gasteiger partial charge in [-0.2, -0.15) is 0 Å². The maximum Gasteiger partial charge on any atom is 0.123 e. The summed E-state index contributed by atoms with van der Waals surface area (Å²) < 4.78 is 7.32. The molecule has 0 amide bonds. The normalized spacial score (nSPS) is 11.9. The quantitative estimate of drug-likeness (QED) is 0.882. The number of aromatic nitrogens is 2. The van der Waals surface area contributed by atoms with E-state index in [2.05, 4.69) is 31.1 Å². The number of imidazole rings is 1. The van der Waals surface area contributed by atoms with Gasteiger partial charge in [0.15, 0.2) is 0 Å². The van der Waals surface area contributed by atoms with E-state index >= 15 is 0 Å². The fourth-order valence-electron chi connectivity index (χ4n) is 1.52. The highest BCUT2D eigenvalue weighted by Gasteiger charge is 2.09. The highest BCUT2D eigenvalue weighted by Crippen LogP contribution is 2.06. The minimum absolute atomic E-state index is 0.116. The van der Waals surface area contributed by atoms with Crippen molar-refractivity contribution in [3.05, 3.63) is 42.4 Å². The van der Waals surface area contributed by atoms with Gasteiger partial charge >= 0.3 is 0 Å². The van der Waals surface area contributed by atoms with Crippen molar-refractivity contribution in [1.29, 1.82) is 0 Å². The van der Waals surface area contributed by atoms with E-state index in [9.17, 15) is 0 Å². The zero-order valence-electron chi connectivity index (χ0n) is 10.6. The summed E-state index contributed by atoms with van der Waals surface area (Å²) in [6.45, 7) is 7.96. The SMILES string of the molecule is CC(C)(C)NCc1cn(Cc2ccco2)cn1. The van der Waals surface area contributed by atoms with E-state index in [4.69, 9.17) is 4.42 Å². The molecule has 0 unspecified atom stereocenters. The molecule has 0 spiro atoms. The second-order valence-corrected chi connectivity index (χ2v) is 5.22. The average molecular weight is 233 g/mol.